The Kier molecular flexibility index (Phi) is 6.75. The molecule has 1 aromatic heterocycles. The highest BCUT2D eigenvalue weighted by Gasteiger charge is 2.30. The van der Waals surface area contributed by atoms with Crippen LogP contribution < -0.4 is 5.32 Å². The molecule has 2 aromatic rings. The number of carbonyl (C=O) groups is 2. The van der Waals surface area contributed by atoms with E-state index in [9.17, 15) is 9.59 Å². The fraction of sp³-hybridized carbons (Fsp3) is 0.478. The molecule has 160 valence electrons. The molecule has 6 nitrogen and oxygen atoms in total. The number of piperidine rings is 1. The summed E-state index contributed by atoms with van der Waals surface area (Å²) >= 11 is 5.90. The average Bonchev–Trinajstić information content (AvgIpc) is 3.49. The molecule has 30 heavy (non-hydrogen) atoms. The first kappa shape index (κ1) is 20.9. The van der Waals surface area contributed by atoms with E-state index in [2.05, 4.69) is 10.2 Å². The molecule has 2 aliphatic heterocycles. The second-order valence-corrected chi connectivity index (χ2v) is 8.53. The van der Waals surface area contributed by atoms with Gasteiger partial charge < -0.3 is 14.6 Å². The maximum atomic E-state index is 12.8. The van der Waals surface area contributed by atoms with E-state index < -0.39 is 0 Å². The van der Waals surface area contributed by atoms with E-state index in [-0.39, 0.29) is 23.8 Å². The zero-order valence-corrected chi connectivity index (χ0v) is 17.8. The molecule has 7 heteroatoms. The lowest BCUT2D eigenvalue weighted by molar-refractivity contribution is -0.126. The van der Waals surface area contributed by atoms with Gasteiger partial charge in [-0.1, -0.05) is 11.6 Å². The average molecular weight is 430 g/mol. The number of benzene rings is 1. The van der Waals surface area contributed by atoms with Gasteiger partial charge in [-0.3, -0.25) is 14.5 Å². The van der Waals surface area contributed by atoms with E-state index in [4.69, 9.17) is 16.0 Å². The predicted octanol–water partition coefficient (Wildman–Crippen LogP) is 3.74. The Morgan fingerprint density at radius 2 is 1.77 bits per heavy atom. The molecule has 1 aromatic carbocycles. The summed E-state index contributed by atoms with van der Waals surface area (Å²) in [5.74, 6) is 0.914. The van der Waals surface area contributed by atoms with Crippen LogP contribution in [0.3, 0.4) is 0 Å². The Labute approximate surface area is 182 Å². The molecule has 0 saturated carbocycles. The summed E-state index contributed by atoms with van der Waals surface area (Å²) in [5.41, 5.74) is 0.634. The molecule has 0 radical (unpaired) electrons. The molecule has 4 rings (SSSR count). The Bertz CT molecular complexity index is 839. The van der Waals surface area contributed by atoms with Crippen LogP contribution in [-0.2, 0) is 4.79 Å². The van der Waals surface area contributed by atoms with Gasteiger partial charge >= 0.3 is 0 Å². The molecule has 1 atom stereocenters. The van der Waals surface area contributed by atoms with Gasteiger partial charge in [0, 0.05) is 36.1 Å². The number of furan rings is 1. The van der Waals surface area contributed by atoms with Crippen LogP contribution >= 0.6 is 11.6 Å². The number of likely N-dealkylation sites (tertiary alicyclic amines) is 2. The highest BCUT2D eigenvalue weighted by atomic mass is 35.5. The fourth-order valence-corrected chi connectivity index (χ4v) is 4.53. The summed E-state index contributed by atoms with van der Waals surface area (Å²) in [7, 11) is 0. The predicted molar refractivity (Wildman–Crippen MR) is 115 cm³/mol. The van der Waals surface area contributed by atoms with Gasteiger partial charge in [-0.25, -0.2) is 0 Å². The number of amides is 2. The van der Waals surface area contributed by atoms with E-state index in [1.807, 2.05) is 17.0 Å². The van der Waals surface area contributed by atoms with Crippen molar-refractivity contribution in [1.29, 1.82) is 0 Å². The van der Waals surface area contributed by atoms with Crippen molar-refractivity contribution in [2.45, 2.75) is 31.7 Å². The molecule has 1 N–H and O–H groups in total. The monoisotopic (exact) mass is 429 g/mol. The minimum Gasteiger partial charge on any atom is -0.468 e. The van der Waals surface area contributed by atoms with Gasteiger partial charge in [-0.2, -0.15) is 0 Å². The van der Waals surface area contributed by atoms with Gasteiger partial charge in [0.2, 0.25) is 5.91 Å². The third-order valence-electron chi connectivity index (χ3n) is 6.17. The van der Waals surface area contributed by atoms with Crippen LogP contribution in [0.2, 0.25) is 5.02 Å². The summed E-state index contributed by atoms with van der Waals surface area (Å²) in [6.45, 7) is 3.80. The maximum absolute atomic E-state index is 12.8. The van der Waals surface area contributed by atoms with Crippen molar-refractivity contribution < 1.29 is 14.0 Å². The van der Waals surface area contributed by atoms with Crippen molar-refractivity contribution in [3.05, 3.63) is 59.0 Å². The van der Waals surface area contributed by atoms with E-state index in [0.29, 0.717) is 43.1 Å². The number of carbonyl (C=O) groups excluding carboxylic acids is 2. The number of rotatable bonds is 6. The SMILES string of the molecule is O=C(NC[C@@H](c1ccco1)N1CCCC1)C1CCN(C(=O)c2ccc(Cl)cc2)CC1. The van der Waals surface area contributed by atoms with Gasteiger partial charge in [0.1, 0.15) is 5.76 Å². The lowest BCUT2D eigenvalue weighted by atomic mass is 9.95. The van der Waals surface area contributed by atoms with E-state index in [0.717, 1.165) is 18.8 Å². The van der Waals surface area contributed by atoms with Crippen LogP contribution in [0.15, 0.2) is 47.1 Å². The smallest absolute Gasteiger partial charge is 0.253 e. The molecule has 2 fully saturated rings. The van der Waals surface area contributed by atoms with Crippen LogP contribution in [0.1, 0.15) is 47.8 Å². The summed E-state index contributed by atoms with van der Waals surface area (Å²) in [5, 5.41) is 3.76. The summed E-state index contributed by atoms with van der Waals surface area (Å²) in [6.07, 6.45) is 5.42. The summed E-state index contributed by atoms with van der Waals surface area (Å²) < 4.78 is 5.63. The van der Waals surface area contributed by atoms with Crippen LogP contribution in [0.5, 0.6) is 0 Å². The summed E-state index contributed by atoms with van der Waals surface area (Å²) in [6, 6.07) is 10.9. The van der Waals surface area contributed by atoms with Crippen LogP contribution in [0.25, 0.3) is 0 Å². The van der Waals surface area contributed by atoms with E-state index >= 15 is 0 Å². The zero-order valence-electron chi connectivity index (χ0n) is 17.1. The highest BCUT2D eigenvalue weighted by Crippen LogP contribution is 2.26. The van der Waals surface area contributed by atoms with Gasteiger partial charge in [-0.05, 0) is 75.2 Å². The number of halogens is 1. The Morgan fingerprint density at radius 1 is 1.07 bits per heavy atom. The quantitative estimate of drug-likeness (QED) is 0.759. The maximum Gasteiger partial charge on any atom is 0.253 e. The standard InChI is InChI=1S/C23H28ClN3O3/c24-19-7-5-18(6-8-19)23(29)27-13-9-17(10-14-27)22(28)25-16-20(21-4-3-15-30-21)26-11-1-2-12-26/h3-8,15,17,20H,1-2,9-14,16H2,(H,25,28)/t20-/m0/s1. The minimum absolute atomic E-state index is 0.00237. The van der Waals surface area contributed by atoms with Crippen LogP contribution in [0.4, 0.5) is 0 Å². The molecular weight excluding hydrogens is 402 g/mol. The molecule has 2 saturated heterocycles. The minimum atomic E-state index is -0.0601. The number of nitrogens with one attached hydrogen (secondary N) is 1. The van der Waals surface area contributed by atoms with Crippen molar-refractivity contribution in [3.63, 3.8) is 0 Å². The molecular formula is C23H28ClN3O3. The Morgan fingerprint density at radius 3 is 2.40 bits per heavy atom. The van der Waals surface area contributed by atoms with Gasteiger partial charge in [-0.15, -0.1) is 0 Å². The molecule has 3 heterocycles. The Balaban J connectivity index is 1.28. The van der Waals surface area contributed by atoms with Crippen molar-refractivity contribution in [3.8, 4) is 0 Å². The van der Waals surface area contributed by atoms with Crippen LogP contribution in [0, 0.1) is 5.92 Å². The van der Waals surface area contributed by atoms with Crippen molar-refractivity contribution in [2.75, 3.05) is 32.7 Å². The summed E-state index contributed by atoms with van der Waals surface area (Å²) in [4.78, 5) is 29.6. The molecule has 0 unspecified atom stereocenters. The third-order valence-corrected chi connectivity index (χ3v) is 6.42. The second-order valence-electron chi connectivity index (χ2n) is 8.09. The first-order chi connectivity index (χ1) is 14.6. The lowest BCUT2D eigenvalue weighted by Gasteiger charge is -2.32. The molecule has 0 aliphatic carbocycles. The molecule has 0 bridgehead atoms. The van der Waals surface area contributed by atoms with Crippen molar-refractivity contribution in [1.82, 2.24) is 15.1 Å². The first-order valence-corrected chi connectivity index (χ1v) is 11.1. The zero-order chi connectivity index (χ0) is 20.9. The number of hydrogen-bond donors (Lipinski definition) is 1. The molecule has 0 spiro atoms. The molecule has 2 amide bonds. The molecule has 2 aliphatic rings. The highest BCUT2D eigenvalue weighted by molar-refractivity contribution is 6.30. The second kappa shape index (κ2) is 9.67. The van der Waals surface area contributed by atoms with E-state index in [1.54, 1.807) is 30.5 Å². The van der Waals surface area contributed by atoms with Crippen molar-refractivity contribution >= 4 is 23.4 Å². The van der Waals surface area contributed by atoms with Crippen LogP contribution in [-0.4, -0.2) is 54.3 Å². The van der Waals surface area contributed by atoms with Crippen molar-refractivity contribution in [2.24, 2.45) is 5.92 Å². The number of nitrogens with zero attached hydrogens (tertiary/aromatic N) is 2. The largest absolute Gasteiger partial charge is 0.468 e. The van der Waals surface area contributed by atoms with Gasteiger partial charge in [0.15, 0.2) is 0 Å². The normalized spacial score (nSPS) is 19.0. The Hall–Kier alpha value is -2.31. The van der Waals surface area contributed by atoms with E-state index in [1.165, 1.54) is 12.8 Å². The third kappa shape index (κ3) is 4.87. The lowest BCUT2D eigenvalue weighted by Crippen LogP contribution is -2.44. The first-order valence-electron chi connectivity index (χ1n) is 10.7. The number of hydrogen-bond acceptors (Lipinski definition) is 4. The van der Waals surface area contributed by atoms with Gasteiger partial charge in [0.25, 0.3) is 5.91 Å². The van der Waals surface area contributed by atoms with Gasteiger partial charge in [0.05, 0.1) is 12.3 Å². The topological polar surface area (TPSA) is 65.8 Å². The fourth-order valence-electron chi connectivity index (χ4n) is 4.41.